The standard InChI is InChI=1S/C21H22NO3S.C5H5.Fe/c1-16-4-12-21(13-5-16)26(23,24)25-20-10-8-18(9-11-20)19-7-6-17(14-19)15-22(2)3;1-2-4-5-3-1;/h4-14H,15H2,1-3H3;1-5H;/q2*-1;+2. The second-order valence-corrected chi connectivity index (χ2v) is 9.13. The fourth-order valence-electron chi connectivity index (χ4n) is 3.04. The molecule has 0 aliphatic rings. The minimum Gasteiger partial charge on any atom is -0.380 e. The third-order valence-electron chi connectivity index (χ3n) is 4.58. The van der Waals surface area contributed by atoms with Gasteiger partial charge in [0.15, 0.2) is 0 Å². The van der Waals surface area contributed by atoms with E-state index < -0.39 is 10.1 Å². The normalized spacial score (nSPS) is 10.8. The molecule has 0 atom stereocenters. The van der Waals surface area contributed by atoms with E-state index in [9.17, 15) is 8.42 Å². The van der Waals surface area contributed by atoms with Gasteiger partial charge in [0.2, 0.25) is 0 Å². The minimum atomic E-state index is -3.82. The third-order valence-corrected chi connectivity index (χ3v) is 5.84. The van der Waals surface area contributed by atoms with Gasteiger partial charge in [-0.1, -0.05) is 35.4 Å². The fraction of sp³-hybridized carbons (Fsp3) is 0.154. The van der Waals surface area contributed by atoms with Crippen molar-refractivity contribution in [3.8, 4) is 16.9 Å². The van der Waals surface area contributed by atoms with Crippen LogP contribution in [-0.4, -0.2) is 27.4 Å². The Balaban J connectivity index is 0.000000534. The molecule has 0 heterocycles. The molecule has 4 nitrogen and oxygen atoms in total. The van der Waals surface area contributed by atoms with E-state index in [4.69, 9.17) is 4.18 Å². The van der Waals surface area contributed by atoms with Crippen molar-refractivity contribution in [1.82, 2.24) is 4.90 Å². The molecule has 0 N–H and O–H groups in total. The molecular weight excluding hydrogens is 462 g/mol. The maximum Gasteiger partial charge on any atom is 2.00 e. The zero-order valence-electron chi connectivity index (χ0n) is 18.4. The van der Waals surface area contributed by atoms with Crippen LogP contribution in [0.25, 0.3) is 11.1 Å². The third kappa shape index (κ3) is 7.50. The first-order valence-electron chi connectivity index (χ1n) is 10.0. The molecule has 0 amide bonds. The van der Waals surface area contributed by atoms with Crippen molar-refractivity contribution >= 4 is 10.1 Å². The van der Waals surface area contributed by atoms with Gasteiger partial charge in [0, 0.05) is 0 Å². The number of nitrogens with zero attached hydrogens (tertiary/aromatic N) is 1. The van der Waals surface area contributed by atoms with E-state index in [2.05, 4.69) is 23.1 Å². The first-order valence-corrected chi connectivity index (χ1v) is 11.4. The van der Waals surface area contributed by atoms with Gasteiger partial charge in [0.1, 0.15) is 10.6 Å². The van der Waals surface area contributed by atoms with Gasteiger partial charge in [-0.2, -0.15) is 26.6 Å². The quantitative estimate of drug-likeness (QED) is 0.201. The number of aryl methyl sites for hydroxylation is 1. The molecule has 4 aromatic rings. The minimum absolute atomic E-state index is 0. The summed E-state index contributed by atoms with van der Waals surface area (Å²) in [6.07, 6.45) is 0. The molecule has 0 aliphatic heterocycles. The van der Waals surface area contributed by atoms with E-state index in [1.54, 1.807) is 36.4 Å². The second-order valence-electron chi connectivity index (χ2n) is 7.58. The van der Waals surface area contributed by atoms with Gasteiger partial charge in [0.05, 0.1) is 0 Å². The topological polar surface area (TPSA) is 46.6 Å². The van der Waals surface area contributed by atoms with Crippen molar-refractivity contribution in [2.24, 2.45) is 0 Å². The molecule has 0 bridgehead atoms. The molecule has 0 spiro atoms. The van der Waals surface area contributed by atoms with E-state index in [0.717, 1.165) is 23.2 Å². The maximum atomic E-state index is 12.3. The van der Waals surface area contributed by atoms with Gasteiger partial charge in [0.25, 0.3) is 0 Å². The van der Waals surface area contributed by atoms with Crippen molar-refractivity contribution < 1.29 is 29.7 Å². The van der Waals surface area contributed by atoms with Crippen LogP contribution < -0.4 is 4.18 Å². The molecule has 168 valence electrons. The summed E-state index contributed by atoms with van der Waals surface area (Å²) in [5.41, 5.74) is 4.37. The molecule has 0 fully saturated rings. The van der Waals surface area contributed by atoms with Crippen LogP contribution >= 0.6 is 0 Å². The van der Waals surface area contributed by atoms with Crippen LogP contribution in [-0.2, 0) is 33.7 Å². The SMILES string of the molecule is Cc1ccc(S(=O)(=O)Oc2ccc(-[c-]3ccc(CN(C)C)c3)cc2)cc1.[Fe+2].c1cc[cH-]c1. The molecule has 0 aliphatic carbocycles. The zero-order chi connectivity index (χ0) is 22.3. The van der Waals surface area contributed by atoms with Gasteiger partial charge >= 0.3 is 27.2 Å². The summed E-state index contributed by atoms with van der Waals surface area (Å²) in [5, 5.41) is 0. The van der Waals surface area contributed by atoms with E-state index in [-0.39, 0.29) is 22.0 Å². The largest absolute Gasteiger partial charge is 2.00 e. The molecular formula is C26H27FeNO3S. The van der Waals surface area contributed by atoms with Crippen LogP contribution in [0.15, 0.2) is 102 Å². The Kier molecular flexibility index (Phi) is 9.48. The summed E-state index contributed by atoms with van der Waals surface area (Å²) in [6, 6.07) is 30.0. The number of hydrogen-bond donors (Lipinski definition) is 0. The van der Waals surface area contributed by atoms with E-state index in [1.807, 2.05) is 63.5 Å². The predicted molar refractivity (Wildman–Crippen MR) is 126 cm³/mol. The van der Waals surface area contributed by atoms with Crippen molar-refractivity contribution in [3.05, 3.63) is 108 Å². The van der Waals surface area contributed by atoms with Gasteiger partial charge in [-0.3, -0.25) is 0 Å². The average molecular weight is 489 g/mol. The van der Waals surface area contributed by atoms with E-state index >= 15 is 0 Å². The van der Waals surface area contributed by atoms with Crippen molar-refractivity contribution in [3.63, 3.8) is 0 Å². The van der Waals surface area contributed by atoms with Crippen LogP contribution in [0, 0.1) is 6.92 Å². The Morgan fingerprint density at radius 1 is 0.938 bits per heavy atom. The average Bonchev–Trinajstić information content (AvgIpc) is 3.43. The summed E-state index contributed by atoms with van der Waals surface area (Å²) >= 11 is 0. The molecule has 0 saturated heterocycles. The summed E-state index contributed by atoms with van der Waals surface area (Å²) in [5.74, 6) is 0.300. The Labute approximate surface area is 201 Å². The zero-order valence-corrected chi connectivity index (χ0v) is 20.3. The summed E-state index contributed by atoms with van der Waals surface area (Å²) in [7, 11) is 0.248. The van der Waals surface area contributed by atoms with Crippen LogP contribution in [0.5, 0.6) is 5.75 Å². The Bertz CT molecular complexity index is 1140. The molecule has 0 radical (unpaired) electrons. The fourth-order valence-corrected chi connectivity index (χ4v) is 3.97. The van der Waals surface area contributed by atoms with E-state index in [0.29, 0.717) is 5.75 Å². The molecule has 0 aromatic heterocycles. The van der Waals surface area contributed by atoms with Crippen LogP contribution in [0.2, 0.25) is 0 Å². The van der Waals surface area contributed by atoms with Crippen LogP contribution in [0.1, 0.15) is 11.1 Å². The monoisotopic (exact) mass is 489 g/mol. The molecule has 32 heavy (non-hydrogen) atoms. The van der Waals surface area contributed by atoms with Crippen molar-refractivity contribution in [2.75, 3.05) is 14.1 Å². The van der Waals surface area contributed by atoms with Crippen molar-refractivity contribution in [2.45, 2.75) is 18.4 Å². The van der Waals surface area contributed by atoms with Crippen LogP contribution in [0.4, 0.5) is 0 Å². The van der Waals surface area contributed by atoms with Gasteiger partial charge in [-0.15, -0.1) is 41.5 Å². The number of hydrogen-bond acceptors (Lipinski definition) is 4. The molecule has 0 unspecified atom stereocenters. The number of benzene rings is 2. The number of rotatable bonds is 6. The van der Waals surface area contributed by atoms with Crippen LogP contribution in [0.3, 0.4) is 0 Å². The molecule has 6 heteroatoms. The molecule has 4 rings (SSSR count). The second kappa shape index (κ2) is 11.8. The Morgan fingerprint density at radius 3 is 2.09 bits per heavy atom. The first-order chi connectivity index (χ1) is 14.8. The summed E-state index contributed by atoms with van der Waals surface area (Å²) in [4.78, 5) is 2.27. The predicted octanol–water partition coefficient (Wildman–Crippen LogP) is 5.61. The van der Waals surface area contributed by atoms with Crippen molar-refractivity contribution in [1.29, 1.82) is 0 Å². The smallest absolute Gasteiger partial charge is 0.380 e. The van der Waals surface area contributed by atoms with Gasteiger partial charge in [-0.05, 0) is 39.7 Å². The summed E-state index contributed by atoms with van der Waals surface area (Å²) in [6.45, 7) is 2.79. The Hall–Kier alpha value is -2.63. The van der Waals surface area contributed by atoms with Gasteiger partial charge < -0.3 is 9.08 Å². The first kappa shape index (κ1) is 25.6. The maximum absolute atomic E-state index is 12.3. The molecule has 0 saturated carbocycles. The Morgan fingerprint density at radius 2 is 1.56 bits per heavy atom. The van der Waals surface area contributed by atoms with E-state index in [1.165, 1.54) is 5.56 Å². The van der Waals surface area contributed by atoms with Gasteiger partial charge in [-0.25, -0.2) is 12.1 Å². The molecule has 4 aromatic carbocycles. The summed E-state index contributed by atoms with van der Waals surface area (Å²) < 4.78 is 29.9.